The number of hydrazone groups is 2. The minimum Gasteiger partial charge on any atom is -0.496 e. The van der Waals surface area contributed by atoms with E-state index < -0.39 is 17.8 Å². The van der Waals surface area contributed by atoms with Crippen molar-refractivity contribution < 1.29 is 14.3 Å². The first-order chi connectivity index (χ1) is 17.8. The summed E-state index contributed by atoms with van der Waals surface area (Å²) < 4.78 is 5.71. The van der Waals surface area contributed by atoms with Gasteiger partial charge in [-0.3, -0.25) is 9.59 Å². The summed E-state index contributed by atoms with van der Waals surface area (Å²) in [5.41, 5.74) is 5.66. The van der Waals surface area contributed by atoms with Crippen molar-refractivity contribution in [2.75, 3.05) is 17.1 Å². The smallest absolute Gasteiger partial charge is 0.256 e. The standard InChI is InChI=1S/C30H30N4O3/c1-18-10-14-22(15-11-18)33-29(35)26(20(3)31-33)28(24-8-6-7-9-25(24)37-5)27-21(4)32-34(30(27)36)23-16-12-19(2)13-17-23/h6-17,26-28H,1-5H3. The number of hydrogen-bond acceptors (Lipinski definition) is 5. The quantitative estimate of drug-likeness (QED) is 0.456. The molecule has 0 fully saturated rings. The molecular formula is C30H30N4O3. The fourth-order valence-electron chi connectivity index (χ4n) is 5.22. The molecule has 2 aliphatic heterocycles. The van der Waals surface area contributed by atoms with Crippen molar-refractivity contribution in [3.63, 3.8) is 0 Å². The van der Waals surface area contributed by atoms with Gasteiger partial charge in [0.2, 0.25) is 0 Å². The third kappa shape index (κ3) is 4.31. The fraction of sp³-hybridized carbons (Fsp3) is 0.267. The van der Waals surface area contributed by atoms with Crippen molar-refractivity contribution in [2.24, 2.45) is 22.0 Å². The first kappa shape index (κ1) is 24.4. The zero-order chi connectivity index (χ0) is 26.3. The predicted octanol–water partition coefficient (Wildman–Crippen LogP) is 5.47. The van der Waals surface area contributed by atoms with Crippen molar-refractivity contribution >= 4 is 34.6 Å². The van der Waals surface area contributed by atoms with Crippen LogP contribution in [-0.2, 0) is 9.59 Å². The summed E-state index contributed by atoms with van der Waals surface area (Å²) >= 11 is 0. The average Bonchev–Trinajstić information content (AvgIpc) is 3.36. The normalized spacial score (nSPS) is 20.2. The Morgan fingerprint density at radius 3 is 1.54 bits per heavy atom. The van der Waals surface area contributed by atoms with Crippen molar-refractivity contribution in [3.8, 4) is 5.75 Å². The van der Waals surface area contributed by atoms with E-state index >= 15 is 0 Å². The Bertz CT molecular complexity index is 1320. The molecule has 0 N–H and O–H groups in total. The molecule has 2 heterocycles. The van der Waals surface area contributed by atoms with Gasteiger partial charge < -0.3 is 4.74 Å². The van der Waals surface area contributed by atoms with Gasteiger partial charge in [-0.25, -0.2) is 10.0 Å². The lowest BCUT2D eigenvalue weighted by atomic mass is 9.72. The molecule has 37 heavy (non-hydrogen) atoms. The highest BCUT2D eigenvalue weighted by Crippen LogP contribution is 2.45. The molecule has 7 heteroatoms. The largest absolute Gasteiger partial charge is 0.496 e. The van der Waals surface area contributed by atoms with Crippen molar-refractivity contribution in [1.29, 1.82) is 0 Å². The second-order valence-electron chi connectivity index (χ2n) is 9.68. The fourth-order valence-corrected chi connectivity index (χ4v) is 5.22. The Kier molecular flexibility index (Phi) is 6.38. The van der Waals surface area contributed by atoms with Gasteiger partial charge in [0.25, 0.3) is 11.8 Å². The topological polar surface area (TPSA) is 74.6 Å². The summed E-state index contributed by atoms with van der Waals surface area (Å²) in [6.45, 7) is 7.70. The third-order valence-corrected chi connectivity index (χ3v) is 7.14. The van der Waals surface area contributed by atoms with Gasteiger partial charge in [-0.05, 0) is 63.6 Å². The highest BCUT2D eigenvalue weighted by Gasteiger charge is 2.50. The predicted molar refractivity (Wildman–Crippen MR) is 146 cm³/mol. The Labute approximate surface area is 217 Å². The van der Waals surface area contributed by atoms with Gasteiger partial charge in [0.1, 0.15) is 5.75 Å². The minimum atomic E-state index is -0.658. The summed E-state index contributed by atoms with van der Waals surface area (Å²) in [5.74, 6) is -1.59. The Morgan fingerprint density at radius 2 is 1.11 bits per heavy atom. The highest BCUT2D eigenvalue weighted by atomic mass is 16.5. The molecule has 7 nitrogen and oxygen atoms in total. The van der Waals surface area contributed by atoms with Gasteiger partial charge in [-0.2, -0.15) is 10.2 Å². The monoisotopic (exact) mass is 494 g/mol. The van der Waals surface area contributed by atoms with E-state index in [2.05, 4.69) is 10.2 Å². The molecule has 0 saturated heterocycles. The summed E-state index contributed by atoms with van der Waals surface area (Å²) in [7, 11) is 1.60. The van der Waals surface area contributed by atoms with Gasteiger partial charge in [0.15, 0.2) is 0 Å². The van der Waals surface area contributed by atoms with Crippen molar-refractivity contribution in [1.82, 2.24) is 0 Å². The number of hydrogen-bond donors (Lipinski definition) is 0. The maximum atomic E-state index is 14.0. The molecule has 2 atom stereocenters. The first-order valence-corrected chi connectivity index (χ1v) is 12.3. The van der Waals surface area contributed by atoms with Crippen LogP contribution in [0.1, 0.15) is 36.5 Å². The molecule has 3 aromatic carbocycles. The highest BCUT2D eigenvalue weighted by molar-refractivity contribution is 6.19. The van der Waals surface area contributed by atoms with E-state index in [1.807, 2.05) is 100 Å². The van der Waals surface area contributed by atoms with Crippen LogP contribution in [0.4, 0.5) is 11.4 Å². The molecule has 0 bridgehead atoms. The molecular weight excluding hydrogens is 464 g/mol. The van der Waals surface area contributed by atoms with E-state index in [1.165, 1.54) is 10.0 Å². The summed E-state index contributed by atoms with van der Waals surface area (Å²) in [6, 6.07) is 22.9. The number of carbonyl (C=O) groups is 2. The van der Waals surface area contributed by atoms with Crippen LogP contribution in [0.5, 0.6) is 5.75 Å². The molecule has 5 rings (SSSR count). The van der Waals surface area contributed by atoms with Crippen LogP contribution in [0.2, 0.25) is 0 Å². The van der Waals surface area contributed by atoms with Gasteiger partial charge in [-0.1, -0.05) is 53.6 Å². The maximum absolute atomic E-state index is 14.0. The van der Waals surface area contributed by atoms with Gasteiger partial charge >= 0.3 is 0 Å². The molecule has 2 amide bonds. The molecule has 2 unspecified atom stereocenters. The molecule has 3 aromatic rings. The van der Waals surface area contributed by atoms with Crippen LogP contribution in [0.15, 0.2) is 83.0 Å². The second kappa shape index (κ2) is 9.65. The van der Waals surface area contributed by atoms with E-state index in [4.69, 9.17) is 4.74 Å². The molecule has 0 radical (unpaired) electrons. The lowest BCUT2D eigenvalue weighted by Gasteiger charge is -2.29. The maximum Gasteiger partial charge on any atom is 0.256 e. The number of anilines is 2. The minimum absolute atomic E-state index is 0.174. The number of carbonyl (C=O) groups excluding carboxylic acids is 2. The number of benzene rings is 3. The van der Waals surface area contributed by atoms with Gasteiger partial charge in [-0.15, -0.1) is 0 Å². The van der Waals surface area contributed by atoms with Crippen LogP contribution >= 0.6 is 0 Å². The Morgan fingerprint density at radius 1 is 0.676 bits per heavy atom. The Hall–Kier alpha value is -4.26. The van der Waals surface area contributed by atoms with Crippen LogP contribution in [0.25, 0.3) is 0 Å². The molecule has 188 valence electrons. The number of rotatable bonds is 6. The number of amides is 2. The summed E-state index contributed by atoms with van der Waals surface area (Å²) in [6.07, 6.45) is 0. The second-order valence-corrected chi connectivity index (χ2v) is 9.68. The molecule has 0 spiro atoms. The van der Waals surface area contributed by atoms with Crippen LogP contribution in [0.3, 0.4) is 0 Å². The zero-order valence-corrected chi connectivity index (χ0v) is 21.7. The van der Waals surface area contributed by atoms with Crippen LogP contribution < -0.4 is 14.8 Å². The molecule has 0 aromatic heterocycles. The zero-order valence-electron chi connectivity index (χ0n) is 21.7. The number of methoxy groups -OCH3 is 1. The van der Waals surface area contributed by atoms with Crippen LogP contribution in [0, 0.1) is 25.7 Å². The van der Waals surface area contributed by atoms with Crippen molar-refractivity contribution in [3.05, 3.63) is 89.5 Å². The van der Waals surface area contributed by atoms with Gasteiger partial charge in [0, 0.05) is 17.3 Å². The van der Waals surface area contributed by atoms with E-state index in [1.54, 1.807) is 7.11 Å². The Balaban J connectivity index is 1.59. The third-order valence-electron chi connectivity index (χ3n) is 7.14. The number of ether oxygens (including phenoxy) is 1. The number of aryl methyl sites for hydroxylation is 2. The average molecular weight is 495 g/mol. The summed E-state index contributed by atoms with van der Waals surface area (Å²) in [5, 5.41) is 12.2. The van der Waals surface area contributed by atoms with Gasteiger partial charge in [0.05, 0.1) is 30.3 Å². The lowest BCUT2D eigenvalue weighted by Crippen LogP contribution is -2.40. The SMILES string of the molecule is COc1ccccc1C(C1C(=O)N(c2ccc(C)cc2)N=C1C)C1C(=O)N(c2ccc(C)cc2)N=C1C. The lowest BCUT2D eigenvalue weighted by molar-refractivity contribution is -0.122. The number of para-hydroxylation sites is 1. The van der Waals surface area contributed by atoms with E-state index in [0.717, 1.165) is 16.7 Å². The van der Waals surface area contributed by atoms with Crippen molar-refractivity contribution in [2.45, 2.75) is 33.6 Å². The van der Waals surface area contributed by atoms with E-state index in [-0.39, 0.29) is 11.8 Å². The number of nitrogens with zero attached hydrogens (tertiary/aromatic N) is 4. The summed E-state index contributed by atoms with van der Waals surface area (Å²) in [4.78, 5) is 28.0. The van der Waals surface area contributed by atoms with E-state index in [9.17, 15) is 9.59 Å². The van der Waals surface area contributed by atoms with Crippen LogP contribution in [-0.4, -0.2) is 30.3 Å². The first-order valence-electron chi connectivity index (χ1n) is 12.3. The molecule has 0 aliphatic carbocycles. The van der Waals surface area contributed by atoms with E-state index in [0.29, 0.717) is 28.5 Å². The molecule has 2 aliphatic rings. The molecule has 0 saturated carbocycles.